The number of alkyl halides is 3. The minimum absolute atomic E-state index is 0.119. The van der Waals surface area contributed by atoms with Crippen LogP contribution in [0.2, 0.25) is 0 Å². The molecule has 1 unspecified atom stereocenters. The Morgan fingerprint density at radius 2 is 1.90 bits per heavy atom. The van der Waals surface area contributed by atoms with Crippen molar-refractivity contribution in [3.05, 3.63) is 0 Å². The molecule has 0 saturated carbocycles. The zero-order chi connectivity index (χ0) is 15.6. The van der Waals surface area contributed by atoms with Gasteiger partial charge in [0.25, 0.3) is 0 Å². The summed E-state index contributed by atoms with van der Waals surface area (Å²) >= 11 is 0. The van der Waals surface area contributed by atoms with E-state index in [2.05, 4.69) is 0 Å². The van der Waals surface area contributed by atoms with Crippen LogP contribution in [-0.2, 0) is 9.59 Å². The molecule has 0 aromatic heterocycles. The minimum atomic E-state index is -4.42. The molecular weight excluding hydrogens is 287 g/mol. The quantitative estimate of drug-likeness (QED) is 0.830. The lowest BCUT2D eigenvalue weighted by Gasteiger charge is -2.33. The Hall–Kier alpha value is -1.31. The van der Waals surface area contributed by atoms with E-state index in [1.807, 2.05) is 0 Å². The van der Waals surface area contributed by atoms with Gasteiger partial charge in [-0.2, -0.15) is 13.2 Å². The maximum Gasteiger partial charge on any atom is 0.406 e. The fraction of sp³-hybridized carbons (Fsp3) is 0.846. The summed E-state index contributed by atoms with van der Waals surface area (Å²) in [4.78, 5) is 26.3. The lowest BCUT2D eigenvalue weighted by Crippen LogP contribution is -2.44. The largest absolute Gasteiger partial charge is 0.406 e. The van der Waals surface area contributed by atoms with Gasteiger partial charge in [-0.25, -0.2) is 0 Å². The van der Waals surface area contributed by atoms with Crippen LogP contribution < -0.4 is 5.73 Å². The number of rotatable bonds is 3. The Morgan fingerprint density at radius 1 is 1.29 bits per heavy atom. The molecule has 2 aliphatic heterocycles. The molecule has 2 amide bonds. The number of halogens is 3. The number of nitrogens with zero attached hydrogens (tertiary/aromatic N) is 2. The molecule has 21 heavy (non-hydrogen) atoms. The maximum atomic E-state index is 12.3. The molecule has 2 N–H and O–H groups in total. The van der Waals surface area contributed by atoms with E-state index in [-0.39, 0.29) is 18.9 Å². The summed E-state index contributed by atoms with van der Waals surface area (Å²) in [5.41, 5.74) is 5.58. The van der Waals surface area contributed by atoms with Crippen molar-refractivity contribution in [3.8, 4) is 0 Å². The number of piperidine rings is 1. The number of hydrogen-bond donors (Lipinski definition) is 1. The highest BCUT2D eigenvalue weighted by atomic mass is 19.4. The summed E-state index contributed by atoms with van der Waals surface area (Å²) in [5.74, 6) is -1.04. The van der Waals surface area contributed by atoms with E-state index in [4.69, 9.17) is 5.73 Å². The molecule has 0 aliphatic carbocycles. The summed E-state index contributed by atoms with van der Waals surface area (Å²) in [6.07, 6.45) is -2.91. The summed E-state index contributed by atoms with van der Waals surface area (Å²) in [6.45, 7) is 0.331. The lowest BCUT2D eigenvalue weighted by atomic mass is 9.95. The minimum Gasteiger partial charge on any atom is -0.342 e. The van der Waals surface area contributed by atoms with Crippen LogP contribution in [0.25, 0.3) is 0 Å². The first-order valence-electron chi connectivity index (χ1n) is 7.13. The third-order valence-corrected chi connectivity index (χ3v) is 4.19. The van der Waals surface area contributed by atoms with Gasteiger partial charge in [0.2, 0.25) is 11.8 Å². The van der Waals surface area contributed by atoms with E-state index in [0.29, 0.717) is 25.6 Å². The second-order valence-electron chi connectivity index (χ2n) is 5.79. The smallest absolute Gasteiger partial charge is 0.342 e. The number of carbonyl (C=O) groups excluding carboxylic acids is 2. The Labute approximate surface area is 121 Å². The van der Waals surface area contributed by atoms with Crippen LogP contribution in [0.5, 0.6) is 0 Å². The number of amides is 2. The molecule has 0 radical (unpaired) electrons. The molecule has 0 bridgehead atoms. The van der Waals surface area contributed by atoms with Gasteiger partial charge in [0.15, 0.2) is 0 Å². The van der Waals surface area contributed by atoms with Gasteiger partial charge in [-0.15, -0.1) is 0 Å². The Kier molecular flexibility index (Phi) is 4.75. The molecule has 0 spiro atoms. The van der Waals surface area contributed by atoms with Crippen LogP contribution in [0, 0.1) is 11.8 Å². The van der Waals surface area contributed by atoms with Crippen molar-refractivity contribution in [2.24, 2.45) is 17.6 Å². The van der Waals surface area contributed by atoms with Crippen molar-refractivity contribution >= 4 is 11.8 Å². The van der Waals surface area contributed by atoms with Crippen LogP contribution in [0.15, 0.2) is 0 Å². The molecule has 2 aliphatic rings. The van der Waals surface area contributed by atoms with Gasteiger partial charge in [0, 0.05) is 26.1 Å². The van der Waals surface area contributed by atoms with E-state index in [1.165, 1.54) is 0 Å². The van der Waals surface area contributed by atoms with Crippen LogP contribution >= 0.6 is 0 Å². The van der Waals surface area contributed by atoms with Crippen molar-refractivity contribution in [2.45, 2.75) is 25.4 Å². The molecule has 120 valence electrons. The van der Waals surface area contributed by atoms with Crippen LogP contribution in [0.3, 0.4) is 0 Å². The van der Waals surface area contributed by atoms with Gasteiger partial charge in [-0.3, -0.25) is 9.59 Å². The third kappa shape index (κ3) is 4.09. The Balaban J connectivity index is 1.88. The first-order valence-corrected chi connectivity index (χ1v) is 7.13. The van der Waals surface area contributed by atoms with Crippen LogP contribution in [0.4, 0.5) is 13.2 Å². The molecule has 2 saturated heterocycles. The normalized spacial score (nSPS) is 24.8. The second kappa shape index (κ2) is 6.21. The maximum absolute atomic E-state index is 12.3. The number of hydrogen-bond acceptors (Lipinski definition) is 3. The standard InChI is InChI=1S/C13H20F3N3O2/c14-13(15,16)8-19-7-10(5-11(19)20)12(21)18-3-1-9(6-17)2-4-18/h9-10H,1-8,17H2. The molecule has 2 fully saturated rings. The van der Waals surface area contributed by atoms with Gasteiger partial charge in [-0.1, -0.05) is 0 Å². The lowest BCUT2D eigenvalue weighted by molar-refractivity contribution is -0.157. The fourth-order valence-electron chi connectivity index (χ4n) is 2.95. The van der Waals surface area contributed by atoms with Crippen molar-refractivity contribution in [1.82, 2.24) is 9.80 Å². The van der Waals surface area contributed by atoms with Crippen molar-refractivity contribution in [2.75, 3.05) is 32.7 Å². The number of likely N-dealkylation sites (tertiary alicyclic amines) is 2. The molecule has 1 atom stereocenters. The average molecular weight is 307 g/mol. The van der Waals surface area contributed by atoms with E-state index in [1.54, 1.807) is 4.90 Å². The predicted octanol–water partition coefficient (Wildman–Crippen LogP) is 0.594. The zero-order valence-corrected chi connectivity index (χ0v) is 11.7. The van der Waals surface area contributed by atoms with E-state index in [9.17, 15) is 22.8 Å². The number of nitrogens with two attached hydrogens (primary N) is 1. The van der Waals surface area contributed by atoms with E-state index < -0.39 is 24.5 Å². The predicted molar refractivity (Wildman–Crippen MR) is 69.1 cm³/mol. The van der Waals surface area contributed by atoms with Crippen molar-refractivity contribution in [1.29, 1.82) is 0 Å². The highest BCUT2D eigenvalue weighted by molar-refractivity contribution is 5.89. The second-order valence-corrected chi connectivity index (χ2v) is 5.79. The molecular formula is C13H20F3N3O2. The Morgan fingerprint density at radius 3 is 2.43 bits per heavy atom. The SMILES string of the molecule is NCC1CCN(C(=O)C2CC(=O)N(CC(F)(F)F)C2)CC1. The first kappa shape index (κ1) is 16.1. The van der Waals surface area contributed by atoms with Gasteiger partial charge < -0.3 is 15.5 Å². The topological polar surface area (TPSA) is 66.6 Å². The molecule has 8 heteroatoms. The van der Waals surface area contributed by atoms with E-state index in [0.717, 1.165) is 17.7 Å². The highest BCUT2D eigenvalue weighted by Crippen LogP contribution is 2.26. The van der Waals surface area contributed by atoms with Crippen LogP contribution in [-0.4, -0.2) is 60.5 Å². The monoisotopic (exact) mass is 307 g/mol. The van der Waals surface area contributed by atoms with Gasteiger partial charge in [-0.05, 0) is 25.3 Å². The average Bonchev–Trinajstić information content (AvgIpc) is 2.77. The molecule has 0 aromatic carbocycles. The number of carbonyl (C=O) groups is 2. The van der Waals surface area contributed by atoms with Crippen LogP contribution in [0.1, 0.15) is 19.3 Å². The third-order valence-electron chi connectivity index (χ3n) is 4.19. The summed E-state index contributed by atoms with van der Waals surface area (Å²) in [6, 6.07) is 0. The Bertz CT molecular complexity index is 406. The van der Waals surface area contributed by atoms with Crippen molar-refractivity contribution < 1.29 is 22.8 Å². The van der Waals surface area contributed by atoms with E-state index >= 15 is 0 Å². The van der Waals surface area contributed by atoms with Gasteiger partial charge in [0.05, 0.1) is 5.92 Å². The molecule has 2 heterocycles. The highest BCUT2D eigenvalue weighted by Gasteiger charge is 2.41. The van der Waals surface area contributed by atoms with Crippen molar-refractivity contribution in [3.63, 3.8) is 0 Å². The summed E-state index contributed by atoms with van der Waals surface area (Å²) in [7, 11) is 0. The molecule has 5 nitrogen and oxygen atoms in total. The van der Waals surface area contributed by atoms with Gasteiger partial charge in [0.1, 0.15) is 6.54 Å². The summed E-state index contributed by atoms with van der Waals surface area (Å²) < 4.78 is 37.0. The van der Waals surface area contributed by atoms with Gasteiger partial charge >= 0.3 is 6.18 Å². The molecule has 0 aromatic rings. The molecule has 2 rings (SSSR count). The summed E-state index contributed by atoms with van der Waals surface area (Å²) in [5, 5.41) is 0. The zero-order valence-electron chi connectivity index (χ0n) is 11.7. The first-order chi connectivity index (χ1) is 9.80. The fourth-order valence-corrected chi connectivity index (χ4v) is 2.95.